The Morgan fingerprint density at radius 1 is 0.840 bits per heavy atom. The first-order valence-corrected chi connectivity index (χ1v) is 9.85. The Labute approximate surface area is 155 Å². The summed E-state index contributed by atoms with van der Waals surface area (Å²) in [6, 6.07) is 8.44. The summed E-state index contributed by atoms with van der Waals surface area (Å²) in [4.78, 5) is 6.07. The number of unbranched alkanes of at least 4 members (excludes halogenated alkanes) is 2. The highest BCUT2D eigenvalue weighted by Crippen LogP contribution is 2.26. The summed E-state index contributed by atoms with van der Waals surface area (Å²) in [7, 11) is 0. The Kier molecular flexibility index (Phi) is 8.95. The molecule has 0 heterocycles. The number of nitrogens with zero attached hydrogens (tertiary/aromatic N) is 1. The predicted octanol–water partition coefficient (Wildman–Crippen LogP) is 5.98. The molecule has 0 aliphatic carbocycles. The molecule has 1 aromatic rings. The molecule has 25 heavy (non-hydrogen) atoms. The number of ether oxygens (including phenoxy) is 1. The zero-order valence-corrected chi connectivity index (χ0v) is 17.5. The van der Waals surface area contributed by atoms with Crippen LogP contribution in [0.2, 0.25) is 0 Å². The van der Waals surface area contributed by atoms with Gasteiger partial charge in [0.25, 0.3) is 0 Å². The molecule has 0 fully saturated rings. The summed E-state index contributed by atoms with van der Waals surface area (Å²) in [5, 5.41) is 2.11. The number of hydrogen-bond donors (Lipinski definition) is 0. The molecule has 0 aromatic heterocycles. The molecule has 0 unspecified atom stereocenters. The van der Waals surface area contributed by atoms with Gasteiger partial charge in [0.05, 0.1) is 0 Å². The lowest BCUT2D eigenvalue weighted by atomic mass is 9.87. The number of benzene rings is 1. The Morgan fingerprint density at radius 3 is 1.80 bits per heavy atom. The van der Waals surface area contributed by atoms with Gasteiger partial charge in [-0.15, -0.1) is 0 Å². The lowest BCUT2D eigenvalue weighted by molar-refractivity contribution is -0.190. The zero-order valence-electron chi connectivity index (χ0n) is 17.5. The molecule has 0 bridgehead atoms. The summed E-state index contributed by atoms with van der Waals surface area (Å²) in [6.07, 6.45) is 4.70. The van der Waals surface area contributed by atoms with Gasteiger partial charge in [-0.25, -0.2) is 0 Å². The lowest BCUT2D eigenvalue weighted by Crippen LogP contribution is -2.39. The molecule has 3 heteroatoms. The minimum Gasteiger partial charge on any atom is -0.485 e. The van der Waals surface area contributed by atoms with E-state index < -0.39 is 0 Å². The van der Waals surface area contributed by atoms with Crippen molar-refractivity contribution in [2.24, 2.45) is 0 Å². The average Bonchev–Trinajstić information content (AvgIpc) is 2.53. The van der Waals surface area contributed by atoms with Crippen molar-refractivity contribution in [1.29, 1.82) is 0 Å². The van der Waals surface area contributed by atoms with Crippen LogP contribution in [0.3, 0.4) is 0 Å². The van der Waals surface area contributed by atoms with E-state index in [-0.39, 0.29) is 11.0 Å². The van der Waals surface area contributed by atoms with Gasteiger partial charge in [-0.1, -0.05) is 59.6 Å². The summed E-state index contributed by atoms with van der Waals surface area (Å²) in [5.41, 5.74) is 1.12. The van der Waals surface area contributed by atoms with E-state index in [2.05, 4.69) is 77.8 Å². The first-order chi connectivity index (χ1) is 11.7. The normalized spacial score (nSPS) is 12.6. The molecular weight excluding hydrogens is 310 g/mol. The Bertz CT molecular complexity index is 466. The second-order valence-electron chi connectivity index (χ2n) is 8.55. The lowest BCUT2D eigenvalue weighted by Gasteiger charge is -2.30. The summed E-state index contributed by atoms with van der Waals surface area (Å²) in [5.74, 6) is 0.898. The van der Waals surface area contributed by atoms with E-state index in [4.69, 9.17) is 9.57 Å². The first kappa shape index (κ1) is 22.0. The second kappa shape index (κ2) is 10.2. The Balaban J connectivity index is 2.58. The third-order valence-corrected chi connectivity index (χ3v) is 4.23. The number of rotatable bonds is 11. The summed E-state index contributed by atoms with van der Waals surface area (Å²) < 4.78 is 6.18. The molecule has 1 rings (SSSR count). The van der Waals surface area contributed by atoms with E-state index in [0.717, 1.165) is 18.8 Å². The second-order valence-corrected chi connectivity index (χ2v) is 8.55. The van der Waals surface area contributed by atoms with Gasteiger partial charge in [0, 0.05) is 13.1 Å². The maximum absolute atomic E-state index is 6.18. The molecule has 0 spiro atoms. The number of hydrogen-bond acceptors (Lipinski definition) is 3. The van der Waals surface area contributed by atoms with E-state index in [0.29, 0.717) is 6.61 Å². The van der Waals surface area contributed by atoms with Crippen LogP contribution in [0.4, 0.5) is 0 Å². The van der Waals surface area contributed by atoms with Crippen molar-refractivity contribution in [1.82, 2.24) is 5.06 Å². The molecule has 3 nitrogen and oxygen atoms in total. The highest BCUT2D eigenvalue weighted by Gasteiger charge is 2.23. The van der Waals surface area contributed by atoms with Crippen LogP contribution in [0, 0.1) is 0 Å². The highest BCUT2D eigenvalue weighted by molar-refractivity contribution is 5.31. The molecule has 0 radical (unpaired) electrons. The van der Waals surface area contributed by atoms with Crippen LogP contribution in [0.15, 0.2) is 24.3 Å². The first-order valence-electron chi connectivity index (χ1n) is 9.85. The monoisotopic (exact) mass is 349 g/mol. The van der Waals surface area contributed by atoms with Crippen LogP contribution >= 0.6 is 0 Å². The van der Waals surface area contributed by atoms with Crippen LogP contribution < -0.4 is 4.74 Å². The Morgan fingerprint density at radius 2 is 1.36 bits per heavy atom. The van der Waals surface area contributed by atoms with Gasteiger partial charge in [-0.2, -0.15) is 5.06 Å². The van der Waals surface area contributed by atoms with Crippen LogP contribution in [0.25, 0.3) is 0 Å². The molecule has 0 saturated carbocycles. The standard InChI is InChI=1S/C22H39NO2/c1-8-10-16-23(17-11-9-2)24-18-22(6,7)25-20-14-12-19(13-15-20)21(3,4)5/h12-15H,8-11,16-18H2,1-7H3. The molecule has 0 atom stereocenters. The van der Waals surface area contributed by atoms with Crippen molar-refractivity contribution in [2.45, 2.75) is 85.2 Å². The quantitative estimate of drug-likeness (QED) is 0.459. The van der Waals surface area contributed by atoms with Crippen LogP contribution in [0.5, 0.6) is 5.75 Å². The maximum atomic E-state index is 6.18. The van der Waals surface area contributed by atoms with Gasteiger partial charge in [0.15, 0.2) is 0 Å². The molecule has 0 N–H and O–H groups in total. The summed E-state index contributed by atoms with van der Waals surface area (Å²) in [6.45, 7) is 17.8. The fraction of sp³-hybridized carbons (Fsp3) is 0.727. The predicted molar refractivity (Wildman–Crippen MR) is 107 cm³/mol. The van der Waals surface area contributed by atoms with Crippen LogP contribution in [-0.2, 0) is 10.3 Å². The van der Waals surface area contributed by atoms with Gasteiger partial charge in [0.2, 0.25) is 0 Å². The van der Waals surface area contributed by atoms with E-state index in [1.165, 1.54) is 31.2 Å². The summed E-state index contributed by atoms with van der Waals surface area (Å²) >= 11 is 0. The topological polar surface area (TPSA) is 21.7 Å². The van der Waals surface area contributed by atoms with E-state index in [9.17, 15) is 0 Å². The van der Waals surface area contributed by atoms with Crippen molar-refractivity contribution < 1.29 is 9.57 Å². The van der Waals surface area contributed by atoms with Crippen LogP contribution in [0.1, 0.15) is 79.7 Å². The molecule has 0 amide bonds. The fourth-order valence-electron chi connectivity index (χ4n) is 2.53. The third kappa shape index (κ3) is 8.73. The smallest absolute Gasteiger partial charge is 0.129 e. The highest BCUT2D eigenvalue weighted by atomic mass is 16.7. The van der Waals surface area contributed by atoms with E-state index in [1.807, 2.05) is 0 Å². The minimum absolute atomic E-state index is 0.163. The third-order valence-electron chi connectivity index (χ3n) is 4.23. The van der Waals surface area contributed by atoms with E-state index in [1.54, 1.807) is 0 Å². The van der Waals surface area contributed by atoms with Crippen molar-refractivity contribution in [3.05, 3.63) is 29.8 Å². The van der Waals surface area contributed by atoms with E-state index >= 15 is 0 Å². The average molecular weight is 350 g/mol. The fourth-order valence-corrected chi connectivity index (χ4v) is 2.53. The minimum atomic E-state index is -0.361. The van der Waals surface area contributed by atoms with Crippen LogP contribution in [-0.4, -0.2) is 30.4 Å². The van der Waals surface area contributed by atoms with Gasteiger partial charge < -0.3 is 4.74 Å². The molecule has 0 saturated heterocycles. The largest absolute Gasteiger partial charge is 0.485 e. The zero-order chi connectivity index (χ0) is 18.9. The molecule has 0 aliphatic heterocycles. The van der Waals surface area contributed by atoms with Gasteiger partial charge >= 0.3 is 0 Å². The van der Waals surface area contributed by atoms with Gasteiger partial charge in [-0.3, -0.25) is 4.84 Å². The van der Waals surface area contributed by atoms with Gasteiger partial charge in [0.1, 0.15) is 18.0 Å². The molecule has 0 aliphatic rings. The van der Waals surface area contributed by atoms with Crippen molar-refractivity contribution in [2.75, 3.05) is 19.7 Å². The SMILES string of the molecule is CCCCN(CCCC)OCC(C)(C)Oc1ccc(C(C)(C)C)cc1. The van der Waals surface area contributed by atoms with Crippen molar-refractivity contribution in [3.63, 3.8) is 0 Å². The van der Waals surface area contributed by atoms with Crippen molar-refractivity contribution in [3.8, 4) is 5.75 Å². The molecular formula is C22H39NO2. The van der Waals surface area contributed by atoms with Gasteiger partial charge in [-0.05, 0) is 49.8 Å². The molecule has 1 aromatic carbocycles. The number of hydroxylamine groups is 2. The molecule has 144 valence electrons. The Hall–Kier alpha value is -1.06. The van der Waals surface area contributed by atoms with Crippen molar-refractivity contribution >= 4 is 0 Å². The maximum Gasteiger partial charge on any atom is 0.129 e.